The summed E-state index contributed by atoms with van der Waals surface area (Å²) in [5, 5.41) is 9.80. The van der Waals surface area contributed by atoms with Crippen LogP contribution in [0.15, 0.2) is 18.2 Å². The SMILES string of the molecule is OC1(c2cc(C(F)(F)F)cc(C(F)(F)F)c2)COC1. The van der Waals surface area contributed by atoms with Crippen LogP contribution in [0, 0.1) is 0 Å². The summed E-state index contributed by atoms with van der Waals surface area (Å²) in [5.41, 5.74) is -5.13. The predicted molar refractivity (Wildman–Crippen MR) is 51.2 cm³/mol. The quantitative estimate of drug-likeness (QED) is 0.804. The van der Waals surface area contributed by atoms with Crippen LogP contribution in [0.4, 0.5) is 26.3 Å². The number of halogens is 6. The van der Waals surface area contributed by atoms with Crippen molar-refractivity contribution in [1.29, 1.82) is 0 Å². The van der Waals surface area contributed by atoms with Gasteiger partial charge < -0.3 is 9.84 Å². The molecule has 1 saturated heterocycles. The van der Waals surface area contributed by atoms with Gasteiger partial charge in [-0.1, -0.05) is 0 Å². The minimum absolute atomic E-state index is 0.0202. The highest BCUT2D eigenvalue weighted by atomic mass is 19.4. The minimum atomic E-state index is -4.92. The third-order valence-electron chi connectivity index (χ3n) is 2.81. The molecule has 1 fully saturated rings. The summed E-state index contributed by atoms with van der Waals surface area (Å²) in [4.78, 5) is 0. The number of ether oxygens (including phenoxy) is 1. The Kier molecular flexibility index (Phi) is 3.06. The lowest BCUT2D eigenvalue weighted by Crippen LogP contribution is -2.46. The van der Waals surface area contributed by atoms with Gasteiger partial charge in [0, 0.05) is 0 Å². The highest BCUT2D eigenvalue weighted by Crippen LogP contribution is 2.40. The highest BCUT2D eigenvalue weighted by Gasteiger charge is 2.43. The molecule has 0 atom stereocenters. The number of rotatable bonds is 1. The van der Waals surface area contributed by atoms with Crippen LogP contribution in [0.25, 0.3) is 0 Å². The molecule has 1 N–H and O–H groups in total. The van der Waals surface area contributed by atoms with E-state index in [1.54, 1.807) is 0 Å². The van der Waals surface area contributed by atoms with E-state index in [-0.39, 0.29) is 19.3 Å². The summed E-state index contributed by atoms with van der Waals surface area (Å²) in [7, 11) is 0. The lowest BCUT2D eigenvalue weighted by molar-refractivity contribution is -0.185. The van der Waals surface area contributed by atoms with Gasteiger partial charge in [0.2, 0.25) is 0 Å². The maximum Gasteiger partial charge on any atom is 0.416 e. The maximum atomic E-state index is 12.6. The predicted octanol–water partition coefficient (Wildman–Crippen LogP) is 2.94. The number of hydrogen-bond acceptors (Lipinski definition) is 2. The van der Waals surface area contributed by atoms with Crippen LogP contribution in [0.3, 0.4) is 0 Å². The molecule has 0 amide bonds. The second-order valence-electron chi connectivity index (χ2n) is 4.32. The number of alkyl halides is 6. The summed E-state index contributed by atoms with van der Waals surface area (Å²) in [6.45, 7) is -0.656. The first-order valence-electron chi connectivity index (χ1n) is 5.12. The third-order valence-corrected chi connectivity index (χ3v) is 2.81. The van der Waals surface area contributed by atoms with Gasteiger partial charge in [0.1, 0.15) is 5.60 Å². The van der Waals surface area contributed by atoms with Gasteiger partial charge in [-0.15, -0.1) is 0 Å². The van der Waals surface area contributed by atoms with Crippen molar-refractivity contribution in [3.63, 3.8) is 0 Å². The van der Waals surface area contributed by atoms with Crippen LogP contribution in [-0.4, -0.2) is 18.3 Å². The van der Waals surface area contributed by atoms with Gasteiger partial charge in [0.05, 0.1) is 24.3 Å². The number of benzene rings is 1. The van der Waals surface area contributed by atoms with E-state index in [4.69, 9.17) is 0 Å². The van der Waals surface area contributed by atoms with Crippen molar-refractivity contribution in [3.8, 4) is 0 Å². The molecule has 0 aliphatic carbocycles. The molecule has 8 heteroatoms. The second-order valence-corrected chi connectivity index (χ2v) is 4.32. The third kappa shape index (κ3) is 2.69. The molecular weight excluding hydrogens is 278 g/mol. The Morgan fingerprint density at radius 2 is 1.32 bits per heavy atom. The number of hydrogen-bond donors (Lipinski definition) is 1. The Labute approximate surface area is 103 Å². The van der Waals surface area contributed by atoms with E-state index >= 15 is 0 Å². The molecule has 2 nitrogen and oxygen atoms in total. The smallest absolute Gasteiger partial charge is 0.380 e. The molecule has 0 saturated carbocycles. The lowest BCUT2D eigenvalue weighted by Gasteiger charge is -2.37. The fourth-order valence-corrected chi connectivity index (χ4v) is 1.69. The van der Waals surface area contributed by atoms with Crippen molar-refractivity contribution < 1.29 is 36.2 Å². The van der Waals surface area contributed by atoms with Crippen LogP contribution >= 0.6 is 0 Å². The normalized spacial score (nSPS) is 19.1. The lowest BCUT2D eigenvalue weighted by atomic mass is 9.89. The molecule has 19 heavy (non-hydrogen) atoms. The molecular formula is C11H8F6O2. The van der Waals surface area contributed by atoms with Crippen LogP contribution in [0.2, 0.25) is 0 Å². The van der Waals surface area contributed by atoms with Gasteiger partial charge in [-0.2, -0.15) is 26.3 Å². The summed E-state index contributed by atoms with van der Waals surface area (Å²) in [6, 6.07) is 1.04. The summed E-state index contributed by atoms with van der Waals surface area (Å²) in [5.74, 6) is 0. The van der Waals surface area contributed by atoms with Crippen molar-refractivity contribution in [2.24, 2.45) is 0 Å². The molecule has 1 aliphatic rings. The fraction of sp³-hybridized carbons (Fsp3) is 0.455. The van der Waals surface area contributed by atoms with E-state index in [0.29, 0.717) is 12.1 Å². The van der Waals surface area contributed by atoms with Crippen LogP contribution in [0.5, 0.6) is 0 Å². The Bertz CT molecular complexity index is 455. The molecule has 1 aliphatic heterocycles. The van der Waals surface area contributed by atoms with E-state index < -0.39 is 34.6 Å². The summed E-state index contributed by atoms with van der Waals surface area (Å²) >= 11 is 0. The topological polar surface area (TPSA) is 29.5 Å². The summed E-state index contributed by atoms with van der Waals surface area (Å²) < 4.78 is 80.0. The molecule has 1 aromatic carbocycles. The molecule has 1 heterocycles. The largest absolute Gasteiger partial charge is 0.416 e. The van der Waals surface area contributed by atoms with Crippen LogP contribution in [-0.2, 0) is 22.7 Å². The van der Waals surface area contributed by atoms with Gasteiger partial charge in [-0.25, -0.2) is 0 Å². The molecule has 106 valence electrons. The molecule has 0 bridgehead atoms. The molecule has 0 radical (unpaired) electrons. The van der Waals surface area contributed by atoms with E-state index in [9.17, 15) is 31.4 Å². The zero-order valence-electron chi connectivity index (χ0n) is 9.27. The van der Waals surface area contributed by atoms with E-state index in [2.05, 4.69) is 4.74 Å². The average Bonchev–Trinajstić information content (AvgIpc) is 2.23. The molecule has 0 aromatic heterocycles. The Balaban J connectivity index is 2.56. The van der Waals surface area contributed by atoms with Crippen molar-refractivity contribution in [1.82, 2.24) is 0 Å². The van der Waals surface area contributed by atoms with Gasteiger partial charge >= 0.3 is 12.4 Å². The molecule has 0 spiro atoms. The van der Waals surface area contributed by atoms with E-state index in [0.717, 1.165) is 0 Å². The first kappa shape index (κ1) is 14.1. The highest BCUT2D eigenvalue weighted by molar-refractivity contribution is 5.37. The zero-order valence-corrected chi connectivity index (χ0v) is 9.27. The molecule has 1 aromatic rings. The van der Waals surface area contributed by atoms with Crippen molar-refractivity contribution in [3.05, 3.63) is 34.9 Å². The van der Waals surface area contributed by atoms with Gasteiger partial charge in [-0.3, -0.25) is 0 Å². The second kappa shape index (κ2) is 4.11. The summed E-state index contributed by atoms with van der Waals surface area (Å²) in [6.07, 6.45) is -9.84. The Morgan fingerprint density at radius 3 is 1.58 bits per heavy atom. The standard InChI is InChI=1S/C11H8F6O2/c12-10(13,14)7-1-6(9(18)4-19-5-9)2-8(3-7)11(15,16)17/h1-3,18H,4-5H2. The van der Waals surface area contributed by atoms with E-state index in [1.165, 1.54) is 0 Å². The van der Waals surface area contributed by atoms with Crippen molar-refractivity contribution >= 4 is 0 Å². The zero-order chi connectivity index (χ0) is 14.5. The maximum absolute atomic E-state index is 12.6. The molecule has 0 unspecified atom stereocenters. The Hall–Kier alpha value is -1.28. The van der Waals surface area contributed by atoms with Crippen molar-refractivity contribution in [2.75, 3.05) is 13.2 Å². The fourth-order valence-electron chi connectivity index (χ4n) is 1.69. The minimum Gasteiger partial charge on any atom is -0.380 e. The first-order chi connectivity index (χ1) is 8.52. The van der Waals surface area contributed by atoms with Crippen LogP contribution in [0.1, 0.15) is 16.7 Å². The molecule has 2 rings (SSSR count). The van der Waals surface area contributed by atoms with Gasteiger partial charge in [0.15, 0.2) is 0 Å². The average molecular weight is 286 g/mol. The van der Waals surface area contributed by atoms with Gasteiger partial charge in [-0.05, 0) is 23.8 Å². The van der Waals surface area contributed by atoms with Crippen molar-refractivity contribution in [2.45, 2.75) is 18.0 Å². The monoisotopic (exact) mass is 286 g/mol. The van der Waals surface area contributed by atoms with Gasteiger partial charge in [0.25, 0.3) is 0 Å². The number of aliphatic hydroxyl groups is 1. The van der Waals surface area contributed by atoms with E-state index in [1.807, 2.05) is 0 Å². The van der Waals surface area contributed by atoms with Crippen LogP contribution < -0.4 is 0 Å². The Morgan fingerprint density at radius 1 is 0.895 bits per heavy atom. The first-order valence-corrected chi connectivity index (χ1v) is 5.12.